The summed E-state index contributed by atoms with van der Waals surface area (Å²) in [7, 11) is 0. The Morgan fingerprint density at radius 2 is 2.00 bits per heavy atom. The smallest absolute Gasteiger partial charge is 0.182 e. The first-order chi connectivity index (χ1) is 9.06. The zero-order valence-corrected chi connectivity index (χ0v) is 12.6. The van der Waals surface area contributed by atoms with Gasteiger partial charge in [0.1, 0.15) is 5.82 Å². The van der Waals surface area contributed by atoms with E-state index in [-0.39, 0.29) is 5.82 Å². The highest BCUT2D eigenvalue weighted by molar-refractivity contribution is 9.10. The van der Waals surface area contributed by atoms with Crippen molar-refractivity contribution in [3.63, 3.8) is 0 Å². The van der Waals surface area contributed by atoms with Crippen LogP contribution < -0.4 is 0 Å². The van der Waals surface area contributed by atoms with Gasteiger partial charge < -0.3 is 4.98 Å². The largest absolute Gasteiger partial charge is 0.330 e. The van der Waals surface area contributed by atoms with Crippen LogP contribution in [0.3, 0.4) is 0 Å². The standard InChI is InChI=1S/C13H7BrClFN2S/c14-7-1-4-11(9(16)5-7)18-12-6-8(15)2-3-10(12)17-13(18)19/h1-6H,(H,17,19). The monoisotopic (exact) mass is 356 g/mol. The van der Waals surface area contributed by atoms with Crippen molar-refractivity contribution < 1.29 is 4.39 Å². The van der Waals surface area contributed by atoms with Gasteiger partial charge in [-0.3, -0.25) is 4.57 Å². The van der Waals surface area contributed by atoms with E-state index in [1.165, 1.54) is 6.07 Å². The molecule has 0 aliphatic rings. The number of hydrogen-bond acceptors (Lipinski definition) is 1. The summed E-state index contributed by atoms with van der Waals surface area (Å²) >= 11 is 14.5. The summed E-state index contributed by atoms with van der Waals surface area (Å²) in [6.07, 6.45) is 0. The highest BCUT2D eigenvalue weighted by Gasteiger charge is 2.11. The molecule has 0 spiro atoms. The van der Waals surface area contributed by atoms with E-state index in [9.17, 15) is 4.39 Å². The normalized spacial score (nSPS) is 11.1. The van der Waals surface area contributed by atoms with Crippen molar-refractivity contribution in [1.29, 1.82) is 0 Å². The van der Waals surface area contributed by atoms with Crippen LogP contribution in [0.5, 0.6) is 0 Å². The van der Waals surface area contributed by atoms with Crippen LogP contribution in [-0.4, -0.2) is 9.55 Å². The number of aromatic amines is 1. The van der Waals surface area contributed by atoms with Gasteiger partial charge in [0.15, 0.2) is 4.77 Å². The second-order valence-electron chi connectivity index (χ2n) is 4.02. The minimum Gasteiger partial charge on any atom is -0.330 e. The van der Waals surface area contributed by atoms with Crippen molar-refractivity contribution in [1.82, 2.24) is 9.55 Å². The van der Waals surface area contributed by atoms with Crippen LogP contribution in [0.2, 0.25) is 5.02 Å². The van der Waals surface area contributed by atoms with Gasteiger partial charge in [-0.2, -0.15) is 0 Å². The second-order valence-corrected chi connectivity index (χ2v) is 5.76. The van der Waals surface area contributed by atoms with Gasteiger partial charge >= 0.3 is 0 Å². The average molecular weight is 358 g/mol. The van der Waals surface area contributed by atoms with Gasteiger partial charge in [-0.15, -0.1) is 0 Å². The number of nitrogens with one attached hydrogen (secondary N) is 1. The van der Waals surface area contributed by atoms with Crippen LogP contribution in [0.4, 0.5) is 4.39 Å². The van der Waals surface area contributed by atoms with Crippen molar-refractivity contribution in [3.05, 3.63) is 56.5 Å². The van der Waals surface area contributed by atoms with Crippen molar-refractivity contribution in [2.75, 3.05) is 0 Å². The zero-order valence-electron chi connectivity index (χ0n) is 9.45. The van der Waals surface area contributed by atoms with Gasteiger partial charge in [0.05, 0.1) is 16.7 Å². The van der Waals surface area contributed by atoms with E-state index in [1.807, 2.05) is 6.07 Å². The summed E-state index contributed by atoms with van der Waals surface area (Å²) in [6.45, 7) is 0. The summed E-state index contributed by atoms with van der Waals surface area (Å²) < 4.78 is 16.8. The molecule has 0 atom stereocenters. The number of nitrogens with zero attached hydrogens (tertiary/aromatic N) is 1. The topological polar surface area (TPSA) is 20.7 Å². The Morgan fingerprint density at radius 1 is 1.21 bits per heavy atom. The molecule has 2 aromatic carbocycles. The van der Waals surface area contributed by atoms with Gasteiger partial charge in [0.2, 0.25) is 0 Å². The maximum atomic E-state index is 14.1. The third-order valence-electron chi connectivity index (χ3n) is 2.80. The molecule has 0 unspecified atom stereocenters. The number of hydrogen-bond donors (Lipinski definition) is 1. The van der Waals surface area contributed by atoms with Gasteiger partial charge in [-0.05, 0) is 48.6 Å². The molecule has 0 saturated heterocycles. The molecule has 0 fully saturated rings. The Morgan fingerprint density at radius 3 is 2.74 bits per heavy atom. The van der Waals surface area contributed by atoms with Crippen molar-refractivity contribution in [2.24, 2.45) is 0 Å². The van der Waals surface area contributed by atoms with Crippen LogP contribution in [0, 0.1) is 10.6 Å². The second kappa shape index (κ2) is 4.74. The first kappa shape index (κ1) is 12.8. The average Bonchev–Trinajstić information content (AvgIpc) is 2.65. The fourth-order valence-electron chi connectivity index (χ4n) is 1.98. The number of benzene rings is 2. The molecule has 2 nitrogen and oxygen atoms in total. The minimum atomic E-state index is -0.355. The number of aromatic nitrogens is 2. The summed E-state index contributed by atoms with van der Waals surface area (Å²) in [5, 5.41) is 0.577. The lowest BCUT2D eigenvalue weighted by Crippen LogP contribution is -1.97. The van der Waals surface area contributed by atoms with Crippen LogP contribution >= 0.6 is 39.7 Å². The Balaban J connectivity index is 2.38. The molecular formula is C13H7BrClFN2S. The lowest BCUT2D eigenvalue weighted by molar-refractivity contribution is 0.618. The molecule has 1 heterocycles. The van der Waals surface area contributed by atoms with Crippen LogP contribution in [0.15, 0.2) is 40.9 Å². The number of fused-ring (bicyclic) bond motifs is 1. The molecule has 0 radical (unpaired) electrons. The Kier molecular flexibility index (Phi) is 3.20. The van der Waals surface area contributed by atoms with E-state index in [0.717, 1.165) is 11.0 Å². The Labute approximate surface area is 127 Å². The molecule has 0 bridgehead atoms. The zero-order chi connectivity index (χ0) is 13.6. The molecule has 96 valence electrons. The SMILES string of the molecule is Fc1cc(Br)ccc1-n1c(=S)[nH]c2ccc(Cl)cc21. The molecule has 6 heteroatoms. The van der Waals surface area contributed by atoms with Gasteiger partial charge in [0.25, 0.3) is 0 Å². The maximum Gasteiger partial charge on any atom is 0.182 e. The molecule has 0 aliphatic carbocycles. The molecule has 0 aliphatic heterocycles. The molecule has 0 amide bonds. The lowest BCUT2D eigenvalue weighted by atomic mass is 10.2. The lowest BCUT2D eigenvalue weighted by Gasteiger charge is -2.06. The minimum absolute atomic E-state index is 0.355. The molecule has 3 aromatic rings. The quantitative estimate of drug-likeness (QED) is 0.590. The summed E-state index contributed by atoms with van der Waals surface area (Å²) in [4.78, 5) is 3.04. The molecule has 19 heavy (non-hydrogen) atoms. The predicted molar refractivity (Wildman–Crippen MR) is 81.1 cm³/mol. The van der Waals surface area contributed by atoms with E-state index in [2.05, 4.69) is 20.9 Å². The maximum absolute atomic E-state index is 14.1. The van der Waals surface area contributed by atoms with E-state index in [1.54, 1.807) is 28.8 Å². The predicted octanol–water partition coefficient (Wildman–Crippen LogP) is 5.24. The van der Waals surface area contributed by atoms with Gasteiger partial charge in [0, 0.05) is 9.50 Å². The fraction of sp³-hybridized carbons (Fsp3) is 0. The van der Waals surface area contributed by atoms with E-state index < -0.39 is 0 Å². The van der Waals surface area contributed by atoms with E-state index >= 15 is 0 Å². The number of H-pyrrole nitrogens is 1. The summed E-state index contributed by atoms with van der Waals surface area (Å²) in [6, 6.07) is 10.2. The van der Waals surface area contributed by atoms with E-state index in [4.69, 9.17) is 23.8 Å². The van der Waals surface area contributed by atoms with Gasteiger partial charge in [-0.25, -0.2) is 4.39 Å². The van der Waals surface area contributed by atoms with Crippen molar-refractivity contribution in [2.45, 2.75) is 0 Å². The first-order valence-electron chi connectivity index (χ1n) is 5.42. The molecule has 0 saturated carbocycles. The molecule has 3 rings (SSSR count). The summed E-state index contributed by atoms with van der Waals surface area (Å²) in [5.74, 6) is -0.355. The molecule has 1 aromatic heterocycles. The Hall–Kier alpha value is -1.17. The highest BCUT2D eigenvalue weighted by Crippen LogP contribution is 2.25. The number of rotatable bonds is 1. The van der Waals surface area contributed by atoms with Crippen LogP contribution in [-0.2, 0) is 0 Å². The number of imidazole rings is 1. The van der Waals surface area contributed by atoms with Crippen molar-refractivity contribution in [3.8, 4) is 5.69 Å². The van der Waals surface area contributed by atoms with Crippen molar-refractivity contribution >= 4 is 50.8 Å². The third-order valence-corrected chi connectivity index (χ3v) is 3.81. The van der Waals surface area contributed by atoms with Gasteiger partial charge in [-0.1, -0.05) is 27.5 Å². The number of halogens is 3. The van der Waals surface area contributed by atoms with Crippen LogP contribution in [0.25, 0.3) is 16.7 Å². The molecule has 1 N–H and O–H groups in total. The van der Waals surface area contributed by atoms with E-state index in [0.29, 0.717) is 20.0 Å². The Bertz CT molecular complexity index is 840. The molecular weight excluding hydrogens is 351 g/mol. The third kappa shape index (κ3) is 2.22. The summed E-state index contributed by atoms with van der Waals surface area (Å²) in [5.41, 5.74) is 1.96. The first-order valence-corrected chi connectivity index (χ1v) is 7.00. The fourth-order valence-corrected chi connectivity index (χ4v) is 2.78. The highest BCUT2D eigenvalue weighted by atomic mass is 79.9. The van der Waals surface area contributed by atoms with Crippen LogP contribution in [0.1, 0.15) is 0 Å².